The van der Waals surface area contributed by atoms with Crippen molar-refractivity contribution in [3.63, 3.8) is 0 Å². The predicted molar refractivity (Wildman–Crippen MR) is 132 cm³/mol. The summed E-state index contributed by atoms with van der Waals surface area (Å²) in [6.07, 6.45) is 3.46. The van der Waals surface area contributed by atoms with Crippen molar-refractivity contribution in [2.75, 3.05) is 5.32 Å². The van der Waals surface area contributed by atoms with Crippen LogP contribution in [0.5, 0.6) is 5.88 Å². The number of anilines is 2. The highest BCUT2D eigenvalue weighted by Crippen LogP contribution is 2.39. The van der Waals surface area contributed by atoms with Gasteiger partial charge in [0.1, 0.15) is 10.9 Å². The Bertz CT molecular complexity index is 1410. The number of hydrogen-bond acceptors (Lipinski definition) is 6. The summed E-state index contributed by atoms with van der Waals surface area (Å²) in [5.41, 5.74) is 3.22. The largest absolute Gasteiger partial charge is 0.493 e. The maximum Gasteiger partial charge on any atom is 0.282 e. The zero-order valence-corrected chi connectivity index (χ0v) is 19.4. The molecule has 3 aromatic heterocycles. The van der Waals surface area contributed by atoms with Gasteiger partial charge in [0.15, 0.2) is 0 Å². The number of aromatic nitrogens is 4. The second kappa shape index (κ2) is 9.22. The van der Waals surface area contributed by atoms with Crippen LogP contribution in [0.1, 0.15) is 17.2 Å². The minimum absolute atomic E-state index is 0.137. The number of rotatable bonds is 7. The number of halogens is 1. The van der Waals surface area contributed by atoms with Gasteiger partial charge in [-0.05, 0) is 52.2 Å². The second-order valence-electron chi connectivity index (χ2n) is 7.19. The zero-order valence-electron chi connectivity index (χ0n) is 17.0. The number of nitrogens with zero attached hydrogens (tertiary/aromatic N) is 2. The third kappa shape index (κ3) is 4.43. The topological polar surface area (TPSA) is 98.7 Å². The van der Waals surface area contributed by atoms with E-state index in [-0.39, 0.29) is 16.3 Å². The van der Waals surface area contributed by atoms with Crippen molar-refractivity contribution in [3.05, 3.63) is 104 Å². The van der Waals surface area contributed by atoms with E-state index in [2.05, 4.69) is 20.6 Å². The predicted octanol–water partition coefficient (Wildman–Crippen LogP) is 5.85. The van der Waals surface area contributed by atoms with E-state index in [4.69, 9.17) is 11.6 Å². The van der Waals surface area contributed by atoms with Gasteiger partial charge >= 0.3 is 0 Å². The van der Waals surface area contributed by atoms with E-state index in [1.54, 1.807) is 29.8 Å². The van der Waals surface area contributed by atoms with Crippen molar-refractivity contribution in [2.45, 2.75) is 15.8 Å². The van der Waals surface area contributed by atoms with Crippen LogP contribution in [-0.4, -0.2) is 25.1 Å². The Labute approximate surface area is 202 Å². The quantitative estimate of drug-likeness (QED) is 0.227. The molecule has 0 aliphatic carbocycles. The molecule has 2 aromatic carbocycles. The molecule has 0 saturated carbocycles. The summed E-state index contributed by atoms with van der Waals surface area (Å²) in [4.78, 5) is 13.7. The number of H-pyrrole nitrogens is 2. The molecule has 7 nitrogen and oxygen atoms in total. The molecule has 0 aliphatic rings. The Morgan fingerprint density at radius 3 is 2.61 bits per heavy atom. The fraction of sp³-hybridized carbons (Fsp3) is 0.0435. The van der Waals surface area contributed by atoms with Crippen LogP contribution in [0.2, 0.25) is 5.02 Å². The van der Waals surface area contributed by atoms with Crippen LogP contribution in [0.4, 0.5) is 11.4 Å². The van der Waals surface area contributed by atoms with Crippen LogP contribution in [0, 0.1) is 0 Å². The van der Waals surface area contributed by atoms with Crippen molar-refractivity contribution in [1.29, 1.82) is 0 Å². The molecule has 0 spiro atoms. The van der Waals surface area contributed by atoms with E-state index < -0.39 is 6.04 Å². The van der Waals surface area contributed by atoms with E-state index in [0.717, 1.165) is 34.3 Å². The molecule has 10 heteroatoms. The Kier molecular flexibility index (Phi) is 5.99. The molecule has 0 radical (unpaired) electrons. The Hall–Kier alpha value is -3.40. The van der Waals surface area contributed by atoms with Gasteiger partial charge in [0.05, 0.1) is 16.9 Å². The van der Waals surface area contributed by atoms with Crippen LogP contribution < -0.4 is 10.9 Å². The fourth-order valence-corrected chi connectivity index (χ4v) is 5.29. The van der Waals surface area contributed by atoms with Crippen LogP contribution in [0.15, 0.2) is 92.3 Å². The van der Waals surface area contributed by atoms with E-state index in [1.807, 2.05) is 59.3 Å². The van der Waals surface area contributed by atoms with Crippen LogP contribution in [0.25, 0.3) is 0 Å². The third-order valence-electron chi connectivity index (χ3n) is 5.04. The molecule has 0 bridgehead atoms. The number of benzene rings is 2. The molecule has 0 amide bonds. The van der Waals surface area contributed by atoms with Gasteiger partial charge in [0.2, 0.25) is 5.88 Å². The van der Waals surface area contributed by atoms with Gasteiger partial charge in [-0.2, -0.15) is 16.4 Å². The first-order chi connectivity index (χ1) is 16.1. The number of hydrogen-bond donors (Lipinski definition) is 4. The van der Waals surface area contributed by atoms with Gasteiger partial charge in [-0.1, -0.05) is 47.6 Å². The normalized spacial score (nSPS) is 12.0. The van der Waals surface area contributed by atoms with Crippen LogP contribution in [0.3, 0.4) is 0 Å². The Morgan fingerprint density at radius 2 is 1.91 bits per heavy atom. The highest BCUT2D eigenvalue weighted by molar-refractivity contribution is 7.99. The van der Waals surface area contributed by atoms with Crippen molar-refractivity contribution < 1.29 is 5.11 Å². The van der Waals surface area contributed by atoms with Crippen LogP contribution in [-0.2, 0) is 0 Å². The smallest absolute Gasteiger partial charge is 0.282 e. The monoisotopic (exact) mass is 495 g/mol. The van der Waals surface area contributed by atoms with E-state index >= 15 is 0 Å². The lowest BCUT2D eigenvalue weighted by Crippen LogP contribution is -2.15. The van der Waals surface area contributed by atoms with Gasteiger partial charge in [-0.3, -0.25) is 15.0 Å². The molecule has 5 aromatic rings. The first-order valence-corrected chi connectivity index (χ1v) is 12.1. The number of thiophene rings is 1. The Balaban J connectivity index is 1.51. The van der Waals surface area contributed by atoms with Crippen molar-refractivity contribution in [3.8, 4) is 5.88 Å². The first kappa shape index (κ1) is 21.4. The van der Waals surface area contributed by atoms with Gasteiger partial charge in [0.25, 0.3) is 5.56 Å². The molecule has 4 N–H and O–H groups in total. The molecule has 0 aliphatic heterocycles. The summed E-state index contributed by atoms with van der Waals surface area (Å²) in [6.45, 7) is 0. The summed E-state index contributed by atoms with van der Waals surface area (Å²) >= 11 is 8.95. The minimum atomic E-state index is -0.410. The number of nitrogens with one attached hydrogen (secondary N) is 3. The molecule has 0 fully saturated rings. The van der Waals surface area contributed by atoms with Gasteiger partial charge < -0.3 is 10.4 Å². The summed E-state index contributed by atoms with van der Waals surface area (Å²) in [6, 6.07) is 16.6. The molecule has 1 unspecified atom stereocenters. The van der Waals surface area contributed by atoms with E-state index in [0.29, 0.717) is 9.92 Å². The van der Waals surface area contributed by atoms with Gasteiger partial charge in [-0.15, -0.1) is 0 Å². The molecule has 33 heavy (non-hydrogen) atoms. The lowest BCUT2D eigenvalue weighted by Gasteiger charge is -2.19. The molecular weight excluding hydrogens is 478 g/mol. The molecule has 3 heterocycles. The molecular formula is C23H18ClN5O2S2. The van der Waals surface area contributed by atoms with Crippen molar-refractivity contribution in [2.24, 2.45) is 0 Å². The van der Waals surface area contributed by atoms with Gasteiger partial charge in [0, 0.05) is 16.8 Å². The zero-order chi connectivity index (χ0) is 22.8. The van der Waals surface area contributed by atoms with Gasteiger partial charge in [-0.25, -0.2) is 4.68 Å². The third-order valence-corrected chi connectivity index (χ3v) is 7.33. The standard InChI is InChI=1S/C23H18ClN5O2S2/c24-18-3-1-2-4-19(18)33-21-22(30)28-29(23(21)31)20(15-9-10-32-13-15)14-5-7-16(8-6-14)27-17-11-25-26-12-17/h1-13,20,27,31H,(H,25,26)(H,28,30). The molecule has 0 saturated heterocycles. The Morgan fingerprint density at radius 1 is 1.09 bits per heavy atom. The highest BCUT2D eigenvalue weighted by Gasteiger charge is 2.25. The summed E-state index contributed by atoms with van der Waals surface area (Å²) in [7, 11) is 0. The van der Waals surface area contributed by atoms with Crippen molar-refractivity contribution >= 4 is 46.1 Å². The summed E-state index contributed by atoms with van der Waals surface area (Å²) in [5.74, 6) is -0.137. The number of aromatic hydroxyl groups is 1. The maximum absolute atomic E-state index is 12.8. The van der Waals surface area contributed by atoms with Crippen LogP contribution >= 0.6 is 34.7 Å². The SMILES string of the molecule is O=c1[nH]n(C(c2ccc(Nc3cn[nH]c3)cc2)c2ccsc2)c(O)c1Sc1ccccc1Cl. The second-order valence-corrected chi connectivity index (χ2v) is 9.43. The molecule has 5 rings (SSSR count). The average molecular weight is 496 g/mol. The molecule has 166 valence electrons. The minimum Gasteiger partial charge on any atom is -0.493 e. The molecule has 1 atom stereocenters. The van der Waals surface area contributed by atoms with E-state index in [9.17, 15) is 9.90 Å². The summed E-state index contributed by atoms with van der Waals surface area (Å²) < 4.78 is 1.50. The fourth-order valence-electron chi connectivity index (χ4n) is 3.50. The lowest BCUT2D eigenvalue weighted by atomic mass is 10.0. The number of aromatic amines is 2. The summed E-state index contributed by atoms with van der Waals surface area (Å²) in [5, 5.41) is 28.3. The lowest BCUT2D eigenvalue weighted by molar-refractivity contribution is 0.385. The average Bonchev–Trinajstić information content (AvgIpc) is 3.57. The van der Waals surface area contributed by atoms with E-state index in [1.165, 1.54) is 4.68 Å². The maximum atomic E-state index is 12.8. The highest BCUT2D eigenvalue weighted by atomic mass is 35.5. The first-order valence-electron chi connectivity index (χ1n) is 9.94. The van der Waals surface area contributed by atoms with Crippen molar-refractivity contribution in [1.82, 2.24) is 20.0 Å².